The van der Waals surface area contributed by atoms with Crippen molar-refractivity contribution >= 4 is 17.5 Å². The van der Waals surface area contributed by atoms with Crippen LogP contribution in [-0.4, -0.2) is 81.2 Å². The van der Waals surface area contributed by atoms with Crippen LogP contribution in [0.25, 0.3) is 0 Å². The van der Waals surface area contributed by atoms with Crippen molar-refractivity contribution in [2.45, 2.75) is 66.0 Å². The zero-order chi connectivity index (χ0) is 27.1. The van der Waals surface area contributed by atoms with Crippen LogP contribution in [-0.2, 0) is 16.1 Å². The topological polar surface area (TPSA) is 77.0 Å². The largest absolute Gasteiger partial charge is 0.357 e. The van der Waals surface area contributed by atoms with Gasteiger partial charge in [0.1, 0.15) is 11.9 Å². The standard InChI is InChI=1S/C28H46FN5O2/c1-20(21-11-12-23(29)22(15-21)17-33(6)7)31-18-28(13-9-10-14-34(8)19-28)16-24(35)32-25(26(36)30-5)27(2,3)4/h11-12,15,25H,9-10,13-14,16-19H2,1-8H3,(H,30,36)(H,32,35)/t25-,28?/m1/s1. The molecule has 2 atom stereocenters. The third-order valence-corrected chi connectivity index (χ3v) is 6.92. The number of likely N-dealkylation sites (tertiary alicyclic amines) is 1. The first kappa shape index (κ1) is 29.9. The third-order valence-electron chi connectivity index (χ3n) is 6.92. The molecular formula is C28H46FN5O2. The van der Waals surface area contributed by atoms with Crippen LogP contribution in [0.4, 0.5) is 4.39 Å². The monoisotopic (exact) mass is 503 g/mol. The average molecular weight is 504 g/mol. The van der Waals surface area contributed by atoms with E-state index in [4.69, 9.17) is 4.99 Å². The predicted molar refractivity (Wildman–Crippen MR) is 145 cm³/mol. The maximum Gasteiger partial charge on any atom is 0.242 e. The molecule has 0 radical (unpaired) electrons. The number of nitrogens with one attached hydrogen (secondary N) is 2. The molecule has 36 heavy (non-hydrogen) atoms. The third kappa shape index (κ3) is 8.66. The van der Waals surface area contributed by atoms with Crippen molar-refractivity contribution < 1.29 is 14.0 Å². The molecule has 1 unspecified atom stereocenters. The van der Waals surface area contributed by atoms with Gasteiger partial charge in [-0.15, -0.1) is 0 Å². The van der Waals surface area contributed by atoms with E-state index >= 15 is 0 Å². The normalized spacial score (nSPS) is 20.7. The SMILES string of the molecule is CNC(=O)[C@@H](NC(=O)CC1(CN=C(C)c2ccc(F)c(CN(C)C)c2)CCCCN(C)C1)C(C)(C)C. The van der Waals surface area contributed by atoms with Gasteiger partial charge in [-0.3, -0.25) is 14.6 Å². The maximum atomic E-state index is 14.3. The summed E-state index contributed by atoms with van der Waals surface area (Å²) >= 11 is 0. The lowest BCUT2D eigenvalue weighted by Gasteiger charge is -2.35. The lowest BCUT2D eigenvalue weighted by molar-refractivity contribution is -0.132. The molecule has 2 rings (SSSR count). The minimum absolute atomic E-state index is 0.128. The van der Waals surface area contributed by atoms with Gasteiger partial charge in [-0.1, -0.05) is 33.3 Å². The van der Waals surface area contributed by atoms with Crippen molar-refractivity contribution in [3.8, 4) is 0 Å². The molecule has 0 spiro atoms. The summed E-state index contributed by atoms with van der Waals surface area (Å²) in [7, 11) is 7.51. The number of rotatable bonds is 9. The van der Waals surface area contributed by atoms with Crippen molar-refractivity contribution in [3.63, 3.8) is 0 Å². The van der Waals surface area contributed by atoms with Gasteiger partial charge in [0.05, 0.1) is 0 Å². The number of benzene rings is 1. The molecule has 1 aromatic carbocycles. The first-order valence-corrected chi connectivity index (χ1v) is 12.9. The van der Waals surface area contributed by atoms with E-state index in [-0.39, 0.29) is 23.0 Å². The van der Waals surface area contributed by atoms with Gasteiger partial charge >= 0.3 is 0 Å². The zero-order valence-electron chi connectivity index (χ0n) is 23.5. The van der Waals surface area contributed by atoms with Crippen molar-refractivity contribution in [2.75, 3.05) is 47.8 Å². The van der Waals surface area contributed by atoms with E-state index in [9.17, 15) is 14.0 Å². The Morgan fingerprint density at radius 2 is 1.94 bits per heavy atom. The summed E-state index contributed by atoms with van der Waals surface area (Å²) in [5.41, 5.74) is 1.61. The zero-order valence-corrected chi connectivity index (χ0v) is 23.5. The molecule has 2 N–H and O–H groups in total. The first-order valence-electron chi connectivity index (χ1n) is 12.9. The fourth-order valence-corrected chi connectivity index (χ4v) is 4.95. The molecule has 8 heteroatoms. The van der Waals surface area contributed by atoms with Crippen LogP contribution in [0.15, 0.2) is 23.2 Å². The van der Waals surface area contributed by atoms with E-state index in [2.05, 4.69) is 22.6 Å². The van der Waals surface area contributed by atoms with E-state index < -0.39 is 11.5 Å². The van der Waals surface area contributed by atoms with Crippen LogP contribution in [0, 0.1) is 16.6 Å². The number of aliphatic imine (C=N–C) groups is 1. The van der Waals surface area contributed by atoms with Crippen LogP contribution < -0.4 is 10.6 Å². The van der Waals surface area contributed by atoms with Gasteiger partial charge in [-0.25, -0.2) is 4.39 Å². The lowest BCUT2D eigenvalue weighted by atomic mass is 9.79. The van der Waals surface area contributed by atoms with E-state index in [0.717, 1.165) is 43.6 Å². The van der Waals surface area contributed by atoms with Gasteiger partial charge in [0, 0.05) is 49.8 Å². The highest BCUT2D eigenvalue weighted by Gasteiger charge is 2.38. The number of carbonyl (C=O) groups excluding carboxylic acids is 2. The quantitative estimate of drug-likeness (QED) is 0.506. The number of likely N-dealkylation sites (N-methyl/N-ethyl adjacent to an activating group) is 1. The van der Waals surface area contributed by atoms with Crippen LogP contribution in [0.5, 0.6) is 0 Å². The highest BCUT2D eigenvalue weighted by molar-refractivity contribution is 5.99. The number of amides is 2. The van der Waals surface area contributed by atoms with Crippen molar-refractivity contribution in [1.82, 2.24) is 20.4 Å². The van der Waals surface area contributed by atoms with E-state index in [0.29, 0.717) is 25.1 Å². The fraction of sp³-hybridized carbons (Fsp3) is 0.679. The molecule has 0 aromatic heterocycles. The average Bonchev–Trinajstić information content (AvgIpc) is 2.96. The molecule has 1 aliphatic rings. The summed E-state index contributed by atoms with van der Waals surface area (Å²) in [4.78, 5) is 34.9. The van der Waals surface area contributed by atoms with Crippen LogP contribution in [0.2, 0.25) is 0 Å². The van der Waals surface area contributed by atoms with E-state index in [1.54, 1.807) is 13.1 Å². The van der Waals surface area contributed by atoms with Gasteiger partial charge in [0.25, 0.3) is 0 Å². The molecule has 0 bridgehead atoms. The Morgan fingerprint density at radius 1 is 1.25 bits per heavy atom. The summed E-state index contributed by atoms with van der Waals surface area (Å²) in [6, 6.07) is 4.52. The number of carbonyl (C=O) groups is 2. The number of halogens is 1. The molecule has 2 amide bonds. The smallest absolute Gasteiger partial charge is 0.242 e. The van der Waals surface area contributed by atoms with Gasteiger partial charge in [0.2, 0.25) is 11.8 Å². The second-order valence-corrected chi connectivity index (χ2v) is 11.8. The first-order chi connectivity index (χ1) is 16.8. The minimum Gasteiger partial charge on any atom is -0.357 e. The molecule has 0 aliphatic carbocycles. The maximum absolute atomic E-state index is 14.3. The summed E-state index contributed by atoms with van der Waals surface area (Å²) in [6.07, 6.45) is 3.29. The van der Waals surface area contributed by atoms with Crippen molar-refractivity contribution in [3.05, 3.63) is 35.1 Å². The second-order valence-electron chi connectivity index (χ2n) is 11.8. The molecule has 1 aliphatic heterocycles. The van der Waals surface area contributed by atoms with Crippen LogP contribution in [0.3, 0.4) is 0 Å². The molecule has 202 valence electrons. The molecule has 0 saturated carbocycles. The molecule has 1 saturated heterocycles. The highest BCUT2D eigenvalue weighted by Crippen LogP contribution is 2.34. The Bertz CT molecular complexity index is 940. The number of nitrogens with zero attached hydrogens (tertiary/aromatic N) is 3. The summed E-state index contributed by atoms with van der Waals surface area (Å²) in [5, 5.41) is 5.67. The molecule has 1 heterocycles. The van der Waals surface area contributed by atoms with Crippen LogP contribution in [0.1, 0.15) is 64.5 Å². The van der Waals surface area contributed by atoms with Gasteiger partial charge in [-0.05, 0) is 70.6 Å². The Kier molecular flexibility index (Phi) is 10.6. The molecule has 7 nitrogen and oxygen atoms in total. The highest BCUT2D eigenvalue weighted by atomic mass is 19.1. The summed E-state index contributed by atoms with van der Waals surface area (Å²) in [6.45, 7) is 10.5. The number of hydrogen-bond acceptors (Lipinski definition) is 5. The van der Waals surface area contributed by atoms with E-state index in [1.165, 1.54) is 6.07 Å². The van der Waals surface area contributed by atoms with Gasteiger partial charge in [-0.2, -0.15) is 0 Å². The van der Waals surface area contributed by atoms with E-state index in [1.807, 2.05) is 52.8 Å². The second kappa shape index (κ2) is 12.8. The Balaban J connectivity index is 2.29. The van der Waals surface area contributed by atoms with Crippen molar-refractivity contribution in [2.24, 2.45) is 15.8 Å². The Labute approximate surface area is 216 Å². The number of hydrogen-bond donors (Lipinski definition) is 2. The van der Waals surface area contributed by atoms with Crippen molar-refractivity contribution in [1.29, 1.82) is 0 Å². The van der Waals surface area contributed by atoms with Gasteiger partial charge < -0.3 is 20.4 Å². The Hall–Kier alpha value is -2.32. The molecule has 1 aromatic rings. The molecular weight excluding hydrogens is 457 g/mol. The molecule has 1 fully saturated rings. The fourth-order valence-electron chi connectivity index (χ4n) is 4.95. The lowest BCUT2D eigenvalue weighted by Crippen LogP contribution is -2.54. The van der Waals surface area contributed by atoms with Gasteiger partial charge in [0.15, 0.2) is 0 Å². The summed E-state index contributed by atoms with van der Waals surface area (Å²) in [5.74, 6) is -0.540. The van der Waals surface area contributed by atoms with Crippen LogP contribution >= 0.6 is 0 Å². The Morgan fingerprint density at radius 3 is 2.56 bits per heavy atom. The summed E-state index contributed by atoms with van der Waals surface area (Å²) < 4.78 is 14.3. The predicted octanol–water partition coefficient (Wildman–Crippen LogP) is 3.47. The minimum atomic E-state index is -0.616.